The van der Waals surface area contributed by atoms with E-state index in [-0.39, 0.29) is 5.78 Å². The van der Waals surface area contributed by atoms with Gasteiger partial charge in [-0.25, -0.2) is 4.68 Å². The standard InChI is InChI=1S/C23H20ClN3O2S/c1-15(28)22-23(27(26-25-22)13-16-4-9-21(29-2)10-5-16)30-14-17-3-6-19-12-20(24)8-7-18(19)11-17/h3-12H,13-14H2,1-2H3. The van der Waals surface area contributed by atoms with E-state index in [2.05, 4.69) is 28.5 Å². The number of aromatic nitrogens is 3. The Hall–Kier alpha value is -2.83. The Morgan fingerprint density at radius 1 is 1.03 bits per heavy atom. The third-order valence-electron chi connectivity index (χ3n) is 4.76. The maximum Gasteiger partial charge on any atom is 0.182 e. The predicted octanol–water partition coefficient (Wildman–Crippen LogP) is 5.64. The summed E-state index contributed by atoms with van der Waals surface area (Å²) < 4.78 is 6.99. The monoisotopic (exact) mass is 437 g/mol. The van der Waals surface area contributed by atoms with E-state index >= 15 is 0 Å². The summed E-state index contributed by atoms with van der Waals surface area (Å²) in [5.41, 5.74) is 2.61. The molecule has 7 heteroatoms. The van der Waals surface area contributed by atoms with Crippen molar-refractivity contribution >= 4 is 39.9 Å². The highest BCUT2D eigenvalue weighted by atomic mass is 35.5. The zero-order valence-corrected chi connectivity index (χ0v) is 18.2. The van der Waals surface area contributed by atoms with Crippen LogP contribution in [0.3, 0.4) is 0 Å². The van der Waals surface area contributed by atoms with Crippen molar-refractivity contribution in [1.29, 1.82) is 0 Å². The van der Waals surface area contributed by atoms with Crippen molar-refractivity contribution in [2.24, 2.45) is 0 Å². The zero-order chi connectivity index (χ0) is 21.1. The van der Waals surface area contributed by atoms with Gasteiger partial charge in [0, 0.05) is 17.7 Å². The molecule has 0 aliphatic carbocycles. The third kappa shape index (κ3) is 4.50. The number of ether oxygens (including phenoxy) is 1. The number of ketones is 1. The van der Waals surface area contributed by atoms with Gasteiger partial charge < -0.3 is 4.74 Å². The minimum Gasteiger partial charge on any atom is -0.497 e. The van der Waals surface area contributed by atoms with Crippen LogP contribution in [-0.4, -0.2) is 27.9 Å². The molecular weight excluding hydrogens is 418 g/mol. The Morgan fingerprint density at radius 2 is 1.73 bits per heavy atom. The second-order valence-corrected chi connectivity index (χ2v) is 8.32. The van der Waals surface area contributed by atoms with E-state index in [4.69, 9.17) is 16.3 Å². The van der Waals surface area contributed by atoms with Crippen molar-refractivity contribution in [2.45, 2.75) is 24.2 Å². The molecule has 0 saturated heterocycles. The number of carbonyl (C=O) groups excluding carboxylic acids is 1. The average molecular weight is 438 g/mol. The van der Waals surface area contributed by atoms with Crippen LogP contribution in [0.15, 0.2) is 65.7 Å². The van der Waals surface area contributed by atoms with Crippen LogP contribution in [0.2, 0.25) is 5.02 Å². The number of thioether (sulfide) groups is 1. The maximum atomic E-state index is 12.1. The SMILES string of the molecule is COc1ccc(Cn2nnc(C(C)=O)c2SCc2ccc3cc(Cl)ccc3c2)cc1. The highest BCUT2D eigenvalue weighted by Gasteiger charge is 2.17. The van der Waals surface area contributed by atoms with Crippen LogP contribution in [0.5, 0.6) is 5.75 Å². The summed E-state index contributed by atoms with van der Waals surface area (Å²) >= 11 is 7.64. The number of benzene rings is 3. The third-order valence-corrected chi connectivity index (χ3v) is 6.15. The van der Waals surface area contributed by atoms with Crippen LogP contribution in [0.1, 0.15) is 28.5 Å². The second-order valence-electron chi connectivity index (χ2n) is 6.92. The van der Waals surface area contributed by atoms with Gasteiger partial charge in [-0.2, -0.15) is 0 Å². The van der Waals surface area contributed by atoms with Gasteiger partial charge in [0.25, 0.3) is 0 Å². The first-order chi connectivity index (χ1) is 14.5. The molecule has 0 saturated carbocycles. The Balaban J connectivity index is 1.57. The maximum absolute atomic E-state index is 12.1. The molecule has 0 fully saturated rings. The molecule has 5 nitrogen and oxygen atoms in total. The number of rotatable bonds is 7. The molecule has 0 atom stereocenters. The molecular formula is C23H20ClN3O2S. The van der Waals surface area contributed by atoms with E-state index in [1.54, 1.807) is 23.6 Å². The molecule has 1 heterocycles. The molecule has 30 heavy (non-hydrogen) atoms. The summed E-state index contributed by atoms with van der Waals surface area (Å²) in [4.78, 5) is 12.1. The van der Waals surface area contributed by atoms with Gasteiger partial charge in [-0.15, -0.1) is 5.10 Å². The lowest BCUT2D eigenvalue weighted by Gasteiger charge is -2.09. The van der Waals surface area contributed by atoms with E-state index in [1.807, 2.05) is 42.5 Å². The lowest BCUT2D eigenvalue weighted by Crippen LogP contribution is -2.05. The van der Waals surface area contributed by atoms with Crippen molar-refractivity contribution in [3.63, 3.8) is 0 Å². The number of methoxy groups -OCH3 is 1. The Labute approximate surface area is 184 Å². The quantitative estimate of drug-likeness (QED) is 0.277. The summed E-state index contributed by atoms with van der Waals surface area (Å²) in [6.45, 7) is 2.05. The lowest BCUT2D eigenvalue weighted by atomic mass is 10.1. The summed E-state index contributed by atoms with van der Waals surface area (Å²) in [6, 6.07) is 19.9. The van der Waals surface area contributed by atoms with Crippen LogP contribution >= 0.6 is 23.4 Å². The number of halogens is 1. The highest BCUT2D eigenvalue weighted by molar-refractivity contribution is 7.98. The van der Waals surface area contributed by atoms with E-state index in [1.165, 1.54) is 6.92 Å². The fraction of sp³-hybridized carbons (Fsp3) is 0.174. The van der Waals surface area contributed by atoms with E-state index in [9.17, 15) is 4.79 Å². The molecule has 0 N–H and O–H groups in total. The molecule has 4 rings (SSSR count). The summed E-state index contributed by atoms with van der Waals surface area (Å²) in [7, 11) is 1.64. The van der Waals surface area contributed by atoms with Gasteiger partial charge in [0.2, 0.25) is 0 Å². The normalized spacial score (nSPS) is 11.0. The minimum atomic E-state index is -0.0911. The number of Topliss-reactive ketones (excluding diaryl/α,β-unsaturated/α-hetero) is 1. The largest absolute Gasteiger partial charge is 0.497 e. The summed E-state index contributed by atoms with van der Waals surface area (Å²) in [6.07, 6.45) is 0. The fourth-order valence-corrected chi connectivity index (χ4v) is 4.42. The number of hydrogen-bond acceptors (Lipinski definition) is 5. The van der Waals surface area contributed by atoms with Crippen LogP contribution in [0, 0.1) is 0 Å². The zero-order valence-electron chi connectivity index (χ0n) is 16.6. The Morgan fingerprint density at radius 3 is 2.47 bits per heavy atom. The number of fused-ring (bicyclic) bond motifs is 1. The van der Waals surface area contributed by atoms with Gasteiger partial charge in [-0.3, -0.25) is 4.79 Å². The smallest absolute Gasteiger partial charge is 0.182 e. The van der Waals surface area contributed by atoms with Crippen LogP contribution in [0.4, 0.5) is 0 Å². The molecule has 0 bridgehead atoms. The molecule has 0 radical (unpaired) electrons. The second kappa shape index (κ2) is 8.90. The van der Waals surface area contributed by atoms with E-state index < -0.39 is 0 Å². The van der Waals surface area contributed by atoms with Crippen molar-refractivity contribution < 1.29 is 9.53 Å². The average Bonchev–Trinajstić information content (AvgIpc) is 3.15. The summed E-state index contributed by atoms with van der Waals surface area (Å²) in [5.74, 6) is 1.41. The van der Waals surface area contributed by atoms with Crippen LogP contribution in [-0.2, 0) is 12.3 Å². The molecule has 152 valence electrons. The van der Waals surface area contributed by atoms with Crippen molar-refractivity contribution in [3.8, 4) is 5.75 Å². The molecule has 0 aliphatic rings. The van der Waals surface area contributed by atoms with Gasteiger partial charge in [-0.05, 0) is 46.2 Å². The molecule has 1 aromatic heterocycles. The van der Waals surface area contributed by atoms with Gasteiger partial charge in [-0.1, -0.05) is 65.0 Å². The number of hydrogen-bond donors (Lipinski definition) is 0. The molecule has 0 unspecified atom stereocenters. The van der Waals surface area contributed by atoms with E-state index in [0.717, 1.165) is 37.7 Å². The Bertz CT molecular complexity index is 1210. The number of carbonyl (C=O) groups is 1. The molecule has 4 aromatic rings. The number of nitrogens with zero attached hydrogens (tertiary/aromatic N) is 3. The first-order valence-electron chi connectivity index (χ1n) is 9.42. The van der Waals surface area contributed by atoms with Crippen molar-refractivity contribution in [3.05, 3.63) is 82.5 Å². The van der Waals surface area contributed by atoms with E-state index in [0.29, 0.717) is 18.0 Å². The van der Waals surface area contributed by atoms with Crippen LogP contribution in [0.25, 0.3) is 10.8 Å². The summed E-state index contributed by atoms with van der Waals surface area (Å²) in [5, 5.41) is 12.1. The van der Waals surface area contributed by atoms with Gasteiger partial charge in [0.1, 0.15) is 10.8 Å². The minimum absolute atomic E-state index is 0.0911. The fourth-order valence-electron chi connectivity index (χ4n) is 3.18. The first-order valence-corrected chi connectivity index (χ1v) is 10.8. The van der Waals surface area contributed by atoms with Gasteiger partial charge in [0.15, 0.2) is 11.5 Å². The molecule has 0 amide bonds. The van der Waals surface area contributed by atoms with Crippen molar-refractivity contribution in [1.82, 2.24) is 15.0 Å². The Kier molecular flexibility index (Phi) is 6.06. The topological polar surface area (TPSA) is 57.0 Å². The molecule has 0 spiro atoms. The predicted molar refractivity (Wildman–Crippen MR) is 121 cm³/mol. The van der Waals surface area contributed by atoms with Gasteiger partial charge in [0.05, 0.1) is 13.7 Å². The highest BCUT2D eigenvalue weighted by Crippen LogP contribution is 2.28. The van der Waals surface area contributed by atoms with Crippen LogP contribution < -0.4 is 4.74 Å². The molecule has 3 aromatic carbocycles. The lowest BCUT2D eigenvalue weighted by molar-refractivity contribution is 0.101. The van der Waals surface area contributed by atoms with Crippen molar-refractivity contribution in [2.75, 3.05) is 7.11 Å². The first kappa shape index (κ1) is 20.4. The van der Waals surface area contributed by atoms with Gasteiger partial charge >= 0.3 is 0 Å². The molecule has 0 aliphatic heterocycles.